The predicted molar refractivity (Wildman–Crippen MR) is 529 cm³/mol. The number of likely N-dealkylation sites (tertiary alicyclic amines) is 2. The van der Waals surface area contributed by atoms with E-state index in [1.54, 1.807) is 158 Å². The zero-order valence-electron chi connectivity index (χ0n) is 85.5. The molecule has 3 fully saturated rings. The largest absolute Gasteiger partial charge is 0.487 e. The minimum atomic E-state index is -1.50. The molecule has 2 aromatic heterocycles. The van der Waals surface area contributed by atoms with E-state index < -0.39 is 190 Å². The molecule has 11 amide bonds. The molecule has 15 rings (SSSR count). The molecule has 8 aromatic rings. The smallest absolute Gasteiger partial charge is 0.410 e. The summed E-state index contributed by atoms with van der Waals surface area (Å²) in [7, 11) is 3.98. The van der Waals surface area contributed by atoms with Crippen molar-refractivity contribution in [1.29, 1.82) is 0 Å². The van der Waals surface area contributed by atoms with Crippen LogP contribution in [0.1, 0.15) is 208 Å². The van der Waals surface area contributed by atoms with E-state index in [1.165, 1.54) is 54.2 Å². The van der Waals surface area contributed by atoms with Crippen LogP contribution in [0.5, 0.6) is 11.5 Å². The number of hydrogen-bond donors (Lipinski definition) is 7. The normalized spacial score (nSPS) is 21.5. The summed E-state index contributed by atoms with van der Waals surface area (Å²) in [5.74, 6) is -8.37. The van der Waals surface area contributed by atoms with E-state index in [0.717, 1.165) is 37.8 Å². The van der Waals surface area contributed by atoms with Crippen LogP contribution in [0.25, 0.3) is 21.5 Å². The number of nitrogens with one attached hydrogen (secondary N) is 7. The molecule has 7 aliphatic rings. The lowest BCUT2D eigenvalue weighted by molar-refractivity contribution is -0.300. The molecule has 2 unspecified atom stereocenters. The van der Waals surface area contributed by atoms with E-state index >= 15 is 33.6 Å². The van der Waals surface area contributed by atoms with Gasteiger partial charge in [0.25, 0.3) is 0 Å². The lowest BCUT2D eigenvalue weighted by Gasteiger charge is -2.40. The second-order valence-electron chi connectivity index (χ2n) is 42.0. The molecular formula is C105H139N17O21. The number of nitrogens with zero attached hydrogens (tertiary/aromatic N) is 10. The van der Waals surface area contributed by atoms with E-state index in [0.29, 0.717) is 40.2 Å². The van der Waals surface area contributed by atoms with Gasteiger partial charge in [0.2, 0.25) is 53.2 Å². The Hall–Kier alpha value is -13.7. The molecular weight excluding hydrogens is 1840 g/mol. The molecule has 143 heavy (non-hydrogen) atoms. The maximum Gasteiger partial charge on any atom is 0.410 e. The Balaban J connectivity index is 0.918. The zero-order chi connectivity index (χ0) is 104. The minimum absolute atomic E-state index is 0.0194. The molecule has 7 N–H and O–H groups in total. The summed E-state index contributed by atoms with van der Waals surface area (Å²) in [6, 6.07) is 24.0. The fourth-order valence-electron chi connectivity index (χ4n) is 17.8. The summed E-state index contributed by atoms with van der Waals surface area (Å²) in [6.45, 7) is 28.7. The second kappa shape index (κ2) is 46.6. The Kier molecular flexibility index (Phi) is 35.3. The molecule has 0 radical (unpaired) electrons. The van der Waals surface area contributed by atoms with Crippen LogP contribution in [0.3, 0.4) is 0 Å². The summed E-state index contributed by atoms with van der Waals surface area (Å²) in [6.07, 6.45) is 2.08. The van der Waals surface area contributed by atoms with Gasteiger partial charge >= 0.3 is 24.1 Å². The van der Waals surface area contributed by atoms with Crippen LogP contribution in [-0.4, -0.2) is 264 Å². The Morgan fingerprint density at radius 2 is 0.958 bits per heavy atom. The average molecular weight is 1980 g/mol. The number of amides is 11. The van der Waals surface area contributed by atoms with Crippen LogP contribution in [0, 0.1) is 10.8 Å². The second-order valence-corrected chi connectivity index (χ2v) is 42.0. The third kappa shape index (κ3) is 29.1. The number of benzene rings is 6. The van der Waals surface area contributed by atoms with Crippen molar-refractivity contribution in [2.75, 3.05) is 47.4 Å². The highest BCUT2D eigenvalue weighted by Crippen LogP contribution is 2.37. The zero-order valence-corrected chi connectivity index (χ0v) is 85.5. The van der Waals surface area contributed by atoms with E-state index in [1.807, 2.05) is 91.9 Å². The predicted octanol–water partition coefficient (Wildman–Crippen LogP) is 9.74. The number of unbranched alkanes of at least 4 members (excludes halogenated alkanes) is 1. The Morgan fingerprint density at radius 1 is 0.538 bits per heavy atom. The van der Waals surface area contributed by atoms with Gasteiger partial charge in [0.05, 0.1) is 56.8 Å². The quantitative estimate of drug-likeness (QED) is 0.0188. The molecule has 7 aliphatic heterocycles. The molecule has 6 aromatic carbocycles. The first-order valence-electron chi connectivity index (χ1n) is 48.9. The van der Waals surface area contributed by atoms with Gasteiger partial charge in [-0.1, -0.05) is 175 Å². The summed E-state index contributed by atoms with van der Waals surface area (Å²) < 4.78 is 50.3. The number of carbonyl (C=O) groups is 13. The molecule has 8 bridgehead atoms. The monoisotopic (exact) mass is 1970 g/mol. The van der Waals surface area contributed by atoms with Crippen LogP contribution < -0.4 is 46.7 Å². The highest BCUT2D eigenvalue weighted by atomic mass is 16.7. The molecule has 38 nitrogen and oxygen atoms in total. The number of rotatable bonds is 22. The van der Waals surface area contributed by atoms with Gasteiger partial charge in [0, 0.05) is 65.8 Å². The third-order valence-electron chi connectivity index (χ3n) is 25.8. The van der Waals surface area contributed by atoms with Gasteiger partial charge in [0.1, 0.15) is 108 Å². The first-order valence-corrected chi connectivity index (χ1v) is 48.9. The average Bonchev–Trinajstić information content (AvgIpc) is 1.63. The van der Waals surface area contributed by atoms with Crippen molar-refractivity contribution in [3.05, 3.63) is 179 Å². The summed E-state index contributed by atoms with van der Waals surface area (Å²) in [5, 5.41) is 42.3. The van der Waals surface area contributed by atoms with Gasteiger partial charge in [0.15, 0.2) is 5.79 Å². The van der Waals surface area contributed by atoms with Crippen LogP contribution in [0.2, 0.25) is 0 Å². The number of likely N-dealkylation sites (N-methyl/N-ethyl adjacent to an activating group) is 2. The first kappa shape index (κ1) is 108. The van der Waals surface area contributed by atoms with E-state index in [4.69, 9.17) is 37.9 Å². The number of hydrogen-bond acceptors (Lipinski definition) is 25. The van der Waals surface area contributed by atoms with E-state index in [2.05, 4.69) is 57.8 Å². The molecule has 9 heterocycles. The van der Waals surface area contributed by atoms with Crippen LogP contribution in [0.4, 0.5) is 9.59 Å². The molecule has 0 spiro atoms. The van der Waals surface area contributed by atoms with Crippen LogP contribution in [-0.2, 0) is 120 Å². The SMILES string of the molecule is CCCCOC(=O)C[C@H]1C[C@@H](CCNC(=O)[C@@H]2Cc3ccc(cc3)OCc3cn(nn3)C3CCN(C(=O)[C@@H](NC(=O)[C@H](C)N(C)C(=O)OC(C)(C)C)C(C)(C)C)[C@@H]3C(=O)N[C@@H](Cc3ccc4ccccc4c3)C(=O)N[C@H](C(=O)OC)Cc3ccc(cc3)OCc3cn(nn3)C3CCN(C(=O)[C@@H](NC(=O)[C@H](C)N(C)C(=O)OC(C)(C)C)C(C)(C)C)[C@@H]3C(=O)N[C@@H](Cc3ccc4ccccc4c3)C(=O)N2)OC(C)(C)O1. The van der Waals surface area contributed by atoms with Crippen molar-refractivity contribution >= 4 is 98.8 Å². The molecule has 38 heteroatoms. The van der Waals surface area contributed by atoms with Crippen molar-refractivity contribution in [1.82, 2.24) is 86.8 Å². The highest BCUT2D eigenvalue weighted by molar-refractivity contribution is 6.00. The van der Waals surface area contributed by atoms with Crippen molar-refractivity contribution in [3.63, 3.8) is 0 Å². The molecule has 3 saturated heterocycles. The number of esters is 2. The first-order chi connectivity index (χ1) is 67.5. The number of methoxy groups -OCH3 is 1. The maximum atomic E-state index is 16.3. The van der Waals surface area contributed by atoms with E-state index in [9.17, 15) is 28.8 Å². The third-order valence-corrected chi connectivity index (χ3v) is 25.8. The lowest BCUT2D eigenvalue weighted by atomic mass is 9.85. The minimum Gasteiger partial charge on any atom is -0.487 e. The lowest BCUT2D eigenvalue weighted by Crippen LogP contribution is -2.62. The maximum absolute atomic E-state index is 16.3. The topological polar surface area (TPSA) is 454 Å². The van der Waals surface area contributed by atoms with Crippen LogP contribution >= 0.6 is 0 Å². The molecule has 0 aliphatic carbocycles. The number of ether oxygens (including phenoxy) is 8. The Bertz CT molecular complexity index is 5880. The van der Waals surface area contributed by atoms with Crippen molar-refractivity contribution in [2.45, 2.75) is 303 Å². The fraction of sp³-hybridized carbons (Fsp3) is 0.533. The fourth-order valence-corrected chi connectivity index (χ4v) is 17.8. The summed E-state index contributed by atoms with van der Waals surface area (Å²) in [4.78, 5) is 199. The summed E-state index contributed by atoms with van der Waals surface area (Å²) >= 11 is 0. The van der Waals surface area contributed by atoms with Crippen molar-refractivity contribution < 1.29 is 100 Å². The Labute approximate surface area is 834 Å². The molecule has 0 saturated carbocycles. The van der Waals surface area contributed by atoms with Crippen molar-refractivity contribution in [2.24, 2.45) is 10.8 Å². The standard InChI is InChI=1S/C105H139N17O21/c1-21-22-49-137-84(123)57-77-56-76(140-105(16,17)141-77)43-46-106-91(126)78-52-64-33-39-74(40-34-64)138-60-72-58-122(116-113-72)83-45-48-120(97(132)88(102(7,8)9)112-90(125)63(3)118(19)100(135)143-104(13,14)15)86(83)95(130)109-80(55-67-32-38-69-28-24-26-30-71(69)51-67)93(128)110-81(98(133)136-20)53-65-35-41-75(42-36-65)139-61-73-59-121(115-114-73)82-44-47-119(96(131)87(101(4,5)6)111-89(124)62(2)117(18)99(134)142-103(10,11)12)85(82)94(129)108-79(92(127)107-78)54-66-31-37-68-27-23-25-29-70(68)50-66/h23-42,50-51,58-59,62-63,76-83,85-88H,21-22,43-49,52-57,60-61H2,1-20H3,(H,106,126)(H,107,127)(H,108,129)(H,109,130)(H,110,128)(H,111,124)(H,112,125)/t62-,63-,76+,77+,78-,79-,80-,81-,82?,83?,85-,86-,87+,88+/m0/s1. The Morgan fingerprint density at radius 3 is 1.38 bits per heavy atom. The van der Waals surface area contributed by atoms with Gasteiger partial charge in [-0.15, -0.1) is 10.2 Å². The highest BCUT2D eigenvalue weighted by Gasteiger charge is 2.52. The van der Waals surface area contributed by atoms with Gasteiger partial charge in [-0.05, 0) is 174 Å². The summed E-state index contributed by atoms with van der Waals surface area (Å²) in [5.41, 5.74) is -1.13. The van der Waals surface area contributed by atoms with Crippen molar-refractivity contribution in [3.8, 4) is 11.5 Å². The van der Waals surface area contributed by atoms with Gasteiger partial charge in [-0.2, -0.15) is 0 Å². The van der Waals surface area contributed by atoms with Crippen LogP contribution in [0.15, 0.2) is 146 Å². The number of aromatic nitrogens is 6. The van der Waals surface area contributed by atoms with E-state index in [-0.39, 0.29) is 109 Å². The number of carbonyl (C=O) groups excluding carboxylic acids is 13. The van der Waals surface area contributed by atoms with Gasteiger partial charge in [-0.25, -0.2) is 23.7 Å². The van der Waals surface area contributed by atoms with Gasteiger partial charge < -0.3 is 84.9 Å². The van der Waals surface area contributed by atoms with Gasteiger partial charge in [-0.3, -0.25) is 57.7 Å². The molecule has 770 valence electrons. The number of fused-ring (bicyclic) bond motifs is 2. The molecule has 14 atom stereocenters.